The lowest BCUT2D eigenvalue weighted by Crippen LogP contribution is -2.53. The van der Waals surface area contributed by atoms with Crippen LogP contribution in [0.3, 0.4) is 0 Å². The van der Waals surface area contributed by atoms with Gasteiger partial charge in [0.2, 0.25) is 0 Å². The van der Waals surface area contributed by atoms with Crippen LogP contribution in [0.4, 0.5) is 5.69 Å². The van der Waals surface area contributed by atoms with Gasteiger partial charge in [0.05, 0.1) is 12.4 Å². The van der Waals surface area contributed by atoms with E-state index >= 15 is 0 Å². The molecule has 0 bridgehead atoms. The normalized spacial score (nSPS) is 14.7. The second kappa shape index (κ2) is 9.78. The molecular weight excluding hydrogens is 354 g/mol. The van der Waals surface area contributed by atoms with Gasteiger partial charge in [0.1, 0.15) is 17.4 Å². The zero-order valence-corrected chi connectivity index (χ0v) is 17.6. The second-order valence-corrected chi connectivity index (χ2v) is 7.89. The van der Waals surface area contributed by atoms with Crippen LogP contribution >= 0.6 is 0 Å². The number of benzene rings is 1. The van der Waals surface area contributed by atoms with Crippen LogP contribution in [0.1, 0.15) is 64.9 Å². The Labute approximate surface area is 168 Å². The molecule has 28 heavy (non-hydrogen) atoms. The highest BCUT2D eigenvalue weighted by Gasteiger charge is 2.45. The highest BCUT2D eigenvalue weighted by atomic mass is 16.5. The molecule has 0 spiro atoms. The van der Waals surface area contributed by atoms with Gasteiger partial charge in [-0.15, -0.1) is 0 Å². The molecule has 2 N–H and O–H groups in total. The average Bonchev–Trinajstić information content (AvgIpc) is 3.17. The predicted octanol–water partition coefficient (Wildman–Crippen LogP) is 5.11. The van der Waals surface area contributed by atoms with E-state index in [-0.39, 0.29) is 24.4 Å². The van der Waals surface area contributed by atoms with Gasteiger partial charge in [-0.05, 0) is 56.0 Å². The van der Waals surface area contributed by atoms with E-state index in [0.717, 1.165) is 18.5 Å². The number of ether oxygens (including phenoxy) is 1. The van der Waals surface area contributed by atoms with Crippen LogP contribution in [-0.2, 0) is 16.0 Å². The molecular formula is C23H33NO4. The van der Waals surface area contributed by atoms with Gasteiger partial charge >= 0.3 is 5.97 Å². The van der Waals surface area contributed by atoms with Crippen LogP contribution in [0, 0.1) is 5.92 Å². The van der Waals surface area contributed by atoms with Crippen molar-refractivity contribution in [3.8, 4) is 0 Å². The van der Waals surface area contributed by atoms with Crippen molar-refractivity contribution in [3.63, 3.8) is 0 Å². The lowest BCUT2D eigenvalue weighted by atomic mass is 9.80. The minimum atomic E-state index is -1.09. The first kappa shape index (κ1) is 22.0. The van der Waals surface area contributed by atoms with Gasteiger partial charge in [0.15, 0.2) is 0 Å². The van der Waals surface area contributed by atoms with Crippen LogP contribution in [0.15, 0.2) is 47.1 Å². The summed E-state index contributed by atoms with van der Waals surface area (Å²) in [6, 6.07) is 11.5. The summed E-state index contributed by atoms with van der Waals surface area (Å²) in [7, 11) is 0. The molecule has 0 amide bonds. The number of nitrogens with one attached hydrogen (secondary N) is 1. The smallest absolute Gasteiger partial charge is 0.332 e. The maximum atomic E-state index is 13.2. The average molecular weight is 388 g/mol. The molecule has 1 unspecified atom stereocenters. The Morgan fingerprint density at radius 1 is 1.18 bits per heavy atom. The van der Waals surface area contributed by atoms with Gasteiger partial charge < -0.3 is 19.6 Å². The van der Waals surface area contributed by atoms with Gasteiger partial charge in [0.25, 0.3) is 0 Å². The molecule has 154 valence electrons. The van der Waals surface area contributed by atoms with E-state index in [1.165, 1.54) is 11.8 Å². The van der Waals surface area contributed by atoms with Gasteiger partial charge in [-0.1, -0.05) is 39.3 Å². The van der Waals surface area contributed by atoms with E-state index in [0.29, 0.717) is 5.76 Å². The first-order valence-electron chi connectivity index (χ1n) is 10.1. The molecule has 0 saturated heterocycles. The molecule has 1 aromatic carbocycles. The zero-order valence-electron chi connectivity index (χ0n) is 17.6. The Balaban J connectivity index is 2.35. The molecule has 2 aromatic rings. The van der Waals surface area contributed by atoms with Crippen molar-refractivity contribution in [2.24, 2.45) is 5.92 Å². The van der Waals surface area contributed by atoms with Gasteiger partial charge in [-0.25, -0.2) is 4.79 Å². The Bertz CT molecular complexity index is 722. The van der Waals surface area contributed by atoms with Crippen molar-refractivity contribution in [2.45, 2.75) is 71.6 Å². The van der Waals surface area contributed by atoms with Gasteiger partial charge in [0, 0.05) is 12.1 Å². The van der Waals surface area contributed by atoms with Gasteiger partial charge in [-0.2, -0.15) is 0 Å². The zero-order chi connectivity index (χ0) is 20.7. The minimum Gasteiger partial charge on any atom is -0.467 e. The first-order chi connectivity index (χ1) is 13.3. The van der Waals surface area contributed by atoms with E-state index in [1.54, 1.807) is 12.1 Å². The monoisotopic (exact) mass is 387 g/mol. The largest absolute Gasteiger partial charge is 0.467 e. The molecule has 0 saturated carbocycles. The summed E-state index contributed by atoms with van der Waals surface area (Å²) in [6.07, 6.45) is 2.58. The third-order valence-corrected chi connectivity index (χ3v) is 4.94. The maximum absolute atomic E-state index is 13.2. The van der Waals surface area contributed by atoms with E-state index in [4.69, 9.17) is 9.15 Å². The van der Waals surface area contributed by atoms with E-state index in [1.807, 2.05) is 39.8 Å². The number of hydrogen-bond donors (Lipinski definition) is 2. The molecule has 5 nitrogen and oxygen atoms in total. The highest BCUT2D eigenvalue weighted by molar-refractivity contribution is 5.85. The molecule has 5 heteroatoms. The second-order valence-electron chi connectivity index (χ2n) is 7.89. The summed E-state index contributed by atoms with van der Waals surface area (Å²) in [6.45, 7) is 9.70. The Morgan fingerprint density at radius 2 is 1.86 bits per heavy atom. The summed E-state index contributed by atoms with van der Waals surface area (Å²) in [5, 5.41) is 14.1. The third kappa shape index (κ3) is 5.38. The fourth-order valence-corrected chi connectivity index (χ4v) is 3.31. The van der Waals surface area contributed by atoms with Crippen molar-refractivity contribution in [3.05, 3.63) is 54.0 Å². The summed E-state index contributed by atoms with van der Waals surface area (Å²) >= 11 is 0. The summed E-state index contributed by atoms with van der Waals surface area (Å²) < 4.78 is 10.9. The van der Waals surface area contributed by atoms with Gasteiger partial charge in [-0.3, -0.25) is 0 Å². The van der Waals surface area contributed by atoms with Crippen molar-refractivity contribution in [1.29, 1.82) is 0 Å². The van der Waals surface area contributed by atoms with Crippen molar-refractivity contribution in [2.75, 3.05) is 5.32 Å². The maximum Gasteiger partial charge on any atom is 0.332 e. The quantitative estimate of drug-likeness (QED) is 0.554. The molecule has 1 heterocycles. The fraction of sp³-hybridized carbons (Fsp3) is 0.522. The highest BCUT2D eigenvalue weighted by Crippen LogP contribution is 2.35. The third-order valence-electron chi connectivity index (χ3n) is 4.94. The number of hydrogen-bond acceptors (Lipinski definition) is 5. The topological polar surface area (TPSA) is 71.7 Å². The number of carbonyl (C=O) groups is 1. The number of aliphatic hydroxyl groups excluding tert-OH is 1. The number of esters is 1. The molecule has 0 aliphatic carbocycles. The first-order valence-corrected chi connectivity index (χ1v) is 10.1. The van der Waals surface area contributed by atoms with Crippen LogP contribution in [0.2, 0.25) is 0 Å². The lowest BCUT2D eigenvalue weighted by Gasteiger charge is -2.38. The number of furan rings is 1. The number of aryl methyl sites for hydroxylation is 1. The van der Waals surface area contributed by atoms with E-state index in [2.05, 4.69) is 24.4 Å². The van der Waals surface area contributed by atoms with Crippen molar-refractivity contribution < 1.29 is 19.1 Å². The fourth-order valence-electron chi connectivity index (χ4n) is 3.31. The Morgan fingerprint density at radius 3 is 2.36 bits per heavy atom. The van der Waals surface area contributed by atoms with Crippen molar-refractivity contribution in [1.82, 2.24) is 0 Å². The van der Waals surface area contributed by atoms with Crippen LogP contribution in [0.25, 0.3) is 0 Å². The summed E-state index contributed by atoms with van der Waals surface area (Å²) in [5.74, 6) is -0.0677. The van der Waals surface area contributed by atoms with Crippen LogP contribution in [-0.4, -0.2) is 22.7 Å². The standard InChI is InChI=1S/C23H33NO4/c1-6-8-18-10-12-19(13-11-18)24-23(16(2)3,22(26)28-17(4)5)15-20(25)21-9-7-14-27-21/h7,9-14,16-17,20,24-25H,6,8,15H2,1-5H3/t20-,23?/m1/s1. The summed E-state index contributed by atoms with van der Waals surface area (Å²) in [5.41, 5.74) is 0.979. The number of aliphatic hydroxyl groups is 1. The molecule has 1 aromatic heterocycles. The molecule has 0 radical (unpaired) electrons. The summed E-state index contributed by atoms with van der Waals surface area (Å²) in [4.78, 5) is 13.2. The van der Waals surface area contributed by atoms with E-state index < -0.39 is 11.6 Å². The minimum absolute atomic E-state index is 0.126. The van der Waals surface area contributed by atoms with Crippen LogP contribution in [0.5, 0.6) is 0 Å². The molecule has 2 atom stereocenters. The predicted molar refractivity (Wildman–Crippen MR) is 111 cm³/mol. The molecule has 2 rings (SSSR count). The Kier molecular flexibility index (Phi) is 7.69. The van der Waals surface area contributed by atoms with Crippen molar-refractivity contribution >= 4 is 11.7 Å². The molecule has 0 aliphatic rings. The number of carbonyl (C=O) groups excluding carboxylic acids is 1. The van der Waals surface area contributed by atoms with Crippen LogP contribution < -0.4 is 5.32 Å². The SMILES string of the molecule is CCCc1ccc(NC(C[C@@H](O)c2ccco2)(C(=O)OC(C)C)C(C)C)cc1. The lowest BCUT2D eigenvalue weighted by molar-refractivity contribution is -0.156. The molecule has 0 aliphatic heterocycles. The molecule has 0 fully saturated rings. The van der Waals surface area contributed by atoms with E-state index in [9.17, 15) is 9.90 Å². The Hall–Kier alpha value is -2.27. The number of anilines is 1. The number of rotatable bonds is 10.